The van der Waals surface area contributed by atoms with E-state index in [1.165, 1.54) is 23.1 Å². The van der Waals surface area contributed by atoms with Crippen LogP contribution in [-0.4, -0.2) is 30.9 Å². The van der Waals surface area contributed by atoms with E-state index < -0.39 is 0 Å². The van der Waals surface area contributed by atoms with Gasteiger partial charge in [-0.2, -0.15) is 0 Å². The van der Waals surface area contributed by atoms with Gasteiger partial charge in [0.2, 0.25) is 5.91 Å². The lowest BCUT2D eigenvalue weighted by Gasteiger charge is -2.09. The van der Waals surface area contributed by atoms with E-state index in [0.717, 1.165) is 11.3 Å². The van der Waals surface area contributed by atoms with Gasteiger partial charge in [-0.1, -0.05) is 42.1 Å². The van der Waals surface area contributed by atoms with Crippen LogP contribution >= 0.6 is 23.1 Å². The maximum absolute atomic E-state index is 12.6. The Hall–Kier alpha value is -2.91. The first-order valence-corrected chi connectivity index (χ1v) is 10.3. The number of benzene rings is 1. The van der Waals surface area contributed by atoms with Crippen molar-refractivity contribution in [1.29, 1.82) is 0 Å². The van der Waals surface area contributed by atoms with Gasteiger partial charge in [0.25, 0.3) is 0 Å². The minimum Gasteiger partial charge on any atom is -0.461 e. The third-order valence-corrected chi connectivity index (χ3v) is 5.92. The average molecular weight is 412 g/mol. The van der Waals surface area contributed by atoms with Gasteiger partial charge in [-0.3, -0.25) is 4.79 Å². The number of carbonyl (C=O) groups excluding carboxylic acids is 1. The highest BCUT2D eigenvalue weighted by Gasteiger charge is 2.21. The summed E-state index contributed by atoms with van der Waals surface area (Å²) in [4.78, 5) is 17.1. The molecule has 1 amide bonds. The van der Waals surface area contributed by atoms with Crippen LogP contribution in [0.2, 0.25) is 0 Å². The number of anilines is 1. The molecule has 1 unspecified atom stereocenters. The Kier molecular flexibility index (Phi) is 5.27. The molecule has 142 valence electrons. The number of aromatic nitrogens is 4. The van der Waals surface area contributed by atoms with E-state index in [0.29, 0.717) is 21.9 Å². The summed E-state index contributed by atoms with van der Waals surface area (Å²) in [5.41, 5.74) is 1.86. The highest BCUT2D eigenvalue weighted by molar-refractivity contribution is 8.00. The van der Waals surface area contributed by atoms with Crippen LogP contribution in [0.15, 0.2) is 63.7 Å². The second-order valence-corrected chi connectivity index (χ2v) is 8.16. The Bertz CT molecular complexity index is 1070. The van der Waals surface area contributed by atoms with Gasteiger partial charge in [-0.15, -0.1) is 21.5 Å². The van der Waals surface area contributed by atoms with E-state index in [-0.39, 0.29) is 11.2 Å². The van der Waals surface area contributed by atoms with Crippen molar-refractivity contribution in [2.24, 2.45) is 7.05 Å². The Morgan fingerprint density at radius 3 is 2.79 bits per heavy atom. The van der Waals surface area contributed by atoms with Crippen molar-refractivity contribution in [2.75, 3.05) is 5.32 Å². The monoisotopic (exact) mass is 411 g/mol. The number of thioether (sulfide) groups is 1. The van der Waals surface area contributed by atoms with Crippen molar-refractivity contribution in [3.05, 3.63) is 54.1 Å². The van der Waals surface area contributed by atoms with E-state index in [1.54, 1.807) is 12.3 Å². The van der Waals surface area contributed by atoms with Crippen LogP contribution in [0.25, 0.3) is 22.8 Å². The van der Waals surface area contributed by atoms with Gasteiger partial charge in [-0.25, -0.2) is 4.98 Å². The number of thiazole rings is 1. The van der Waals surface area contributed by atoms with Crippen molar-refractivity contribution in [2.45, 2.75) is 17.3 Å². The molecule has 0 spiro atoms. The van der Waals surface area contributed by atoms with Gasteiger partial charge in [0.1, 0.15) is 0 Å². The van der Waals surface area contributed by atoms with E-state index in [2.05, 4.69) is 20.5 Å². The third-order valence-electron chi connectivity index (χ3n) is 4.03. The molecule has 0 saturated carbocycles. The third kappa shape index (κ3) is 3.85. The molecule has 1 N–H and O–H groups in total. The van der Waals surface area contributed by atoms with Crippen molar-refractivity contribution in [3.8, 4) is 22.8 Å². The first-order valence-electron chi connectivity index (χ1n) is 8.53. The topological polar surface area (TPSA) is 85.8 Å². The number of hydrogen-bond donors (Lipinski definition) is 1. The molecule has 0 aliphatic rings. The Morgan fingerprint density at radius 1 is 1.21 bits per heavy atom. The lowest BCUT2D eigenvalue weighted by molar-refractivity contribution is -0.115. The molecule has 0 bridgehead atoms. The molecule has 28 heavy (non-hydrogen) atoms. The van der Waals surface area contributed by atoms with E-state index in [1.807, 2.05) is 60.3 Å². The summed E-state index contributed by atoms with van der Waals surface area (Å²) in [6.45, 7) is 1.83. The quantitative estimate of drug-likeness (QED) is 0.476. The fraction of sp³-hybridized carbons (Fsp3) is 0.158. The largest absolute Gasteiger partial charge is 0.461 e. The predicted molar refractivity (Wildman–Crippen MR) is 110 cm³/mol. The van der Waals surface area contributed by atoms with E-state index >= 15 is 0 Å². The summed E-state index contributed by atoms with van der Waals surface area (Å²) >= 11 is 2.74. The lowest BCUT2D eigenvalue weighted by atomic mass is 10.2. The maximum Gasteiger partial charge on any atom is 0.239 e. The van der Waals surface area contributed by atoms with Crippen LogP contribution in [-0.2, 0) is 11.8 Å². The molecule has 1 atom stereocenters. The normalized spacial score (nSPS) is 12.1. The van der Waals surface area contributed by atoms with Crippen molar-refractivity contribution < 1.29 is 9.21 Å². The second kappa shape index (κ2) is 7.99. The Balaban J connectivity index is 1.41. The minimum absolute atomic E-state index is 0.137. The minimum atomic E-state index is -0.364. The zero-order valence-electron chi connectivity index (χ0n) is 15.2. The van der Waals surface area contributed by atoms with Gasteiger partial charge in [0.15, 0.2) is 21.9 Å². The standard InChI is InChI=1S/C19H17N5O2S2/c1-12(28-19-23-22-16(24(19)2)15-9-6-10-26-15)17(25)21-18-20-14(11-27-18)13-7-4-3-5-8-13/h3-12H,1-2H3,(H,20,21,25). The summed E-state index contributed by atoms with van der Waals surface area (Å²) < 4.78 is 7.17. The second-order valence-electron chi connectivity index (χ2n) is 6.00. The summed E-state index contributed by atoms with van der Waals surface area (Å²) in [7, 11) is 1.85. The summed E-state index contributed by atoms with van der Waals surface area (Å²) in [5.74, 6) is 1.12. The van der Waals surface area contributed by atoms with Crippen LogP contribution < -0.4 is 5.32 Å². The molecule has 7 nitrogen and oxygen atoms in total. The van der Waals surface area contributed by atoms with Crippen LogP contribution in [0.3, 0.4) is 0 Å². The fourth-order valence-electron chi connectivity index (χ4n) is 2.53. The summed E-state index contributed by atoms with van der Waals surface area (Å²) in [5, 5.41) is 14.0. The molecular formula is C19H17N5O2S2. The van der Waals surface area contributed by atoms with Crippen molar-refractivity contribution >= 4 is 34.1 Å². The summed E-state index contributed by atoms with van der Waals surface area (Å²) in [6, 6.07) is 13.5. The van der Waals surface area contributed by atoms with Gasteiger partial charge in [0, 0.05) is 18.0 Å². The molecule has 0 fully saturated rings. The first-order chi connectivity index (χ1) is 13.6. The van der Waals surface area contributed by atoms with Gasteiger partial charge < -0.3 is 14.3 Å². The molecule has 9 heteroatoms. The van der Waals surface area contributed by atoms with Gasteiger partial charge in [-0.05, 0) is 19.1 Å². The highest BCUT2D eigenvalue weighted by atomic mass is 32.2. The molecule has 0 saturated heterocycles. The summed E-state index contributed by atoms with van der Waals surface area (Å²) in [6.07, 6.45) is 1.59. The number of amides is 1. The molecule has 0 radical (unpaired) electrons. The Morgan fingerprint density at radius 2 is 2.04 bits per heavy atom. The van der Waals surface area contributed by atoms with Crippen LogP contribution in [0.4, 0.5) is 5.13 Å². The molecule has 0 aliphatic heterocycles. The highest BCUT2D eigenvalue weighted by Crippen LogP contribution is 2.28. The number of furan rings is 1. The zero-order chi connectivity index (χ0) is 19.5. The Labute approximate surface area is 169 Å². The molecule has 4 rings (SSSR count). The van der Waals surface area contributed by atoms with Crippen LogP contribution in [0.1, 0.15) is 6.92 Å². The number of nitrogens with zero attached hydrogens (tertiary/aromatic N) is 4. The average Bonchev–Trinajstić information content (AvgIpc) is 3.45. The fourth-order valence-corrected chi connectivity index (χ4v) is 4.07. The number of nitrogens with one attached hydrogen (secondary N) is 1. The van der Waals surface area contributed by atoms with E-state index in [4.69, 9.17) is 4.42 Å². The molecule has 0 aliphatic carbocycles. The van der Waals surface area contributed by atoms with Crippen molar-refractivity contribution in [3.63, 3.8) is 0 Å². The van der Waals surface area contributed by atoms with Crippen molar-refractivity contribution in [1.82, 2.24) is 19.7 Å². The molecule has 3 aromatic heterocycles. The molecular weight excluding hydrogens is 394 g/mol. The van der Waals surface area contributed by atoms with Gasteiger partial charge in [0.05, 0.1) is 17.2 Å². The van der Waals surface area contributed by atoms with Crippen LogP contribution in [0.5, 0.6) is 0 Å². The first kappa shape index (κ1) is 18.5. The number of hydrogen-bond acceptors (Lipinski definition) is 7. The molecule has 3 heterocycles. The number of rotatable bonds is 6. The maximum atomic E-state index is 12.6. The zero-order valence-corrected chi connectivity index (χ0v) is 16.8. The SMILES string of the molecule is CC(Sc1nnc(-c2ccco2)n1C)C(=O)Nc1nc(-c2ccccc2)cs1. The number of carbonyl (C=O) groups is 1. The van der Waals surface area contributed by atoms with Gasteiger partial charge >= 0.3 is 0 Å². The molecule has 4 aromatic rings. The molecule has 1 aromatic carbocycles. The lowest BCUT2D eigenvalue weighted by Crippen LogP contribution is -2.22. The smallest absolute Gasteiger partial charge is 0.239 e. The predicted octanol–water partition coefficient (Wildman–Crippen LogP) is 4.32. The van der Waals surface area contributed by atoms with E-state index in [9.17, 15) is 4.79 Å². The van der Waals surface area contributed by atoms with Crippen LogP contribution in [0, 0.1) is 0 Å².